The molecule has 1 fully saturated rings. The van der Waals surface area contributed by atoms with Gasteiger partial charge in [0.15, 0.2) is 0 Å². The van der Waals surface area contributed by atoms with Crippen molar-refractivity contribution >= 4 is 50.9 Å². The number of nitrogens with one attached hydrogen (secondary N) is 1. The van der Waals surface area contributed by atoms with Gasteiger partial charge in [0.25, 0.3) is 5.91 Å². The number of nitrogens with zero attached hydrogens (tertiary/aromatic N) is 1. The fourth-order valence-corrected chi connectivity index (χ4v) is 6.22. The lowest BCUT2D eigenvalue weighted by Gasteiger charge is -2.22. The predicted molar refractivity (Wildman–Crippen MR) is 135 cm³/mol. The van der Waals surface area contributed by atoms with E-state index in [0.717, 1.165) is 31.2 Å². The zero-order valence-corrected chi connectivity index (χ0v) is 21.6. The van der Waals surface area contributed by atoms with E-state index >= 15 is 0 Å². The quantitative estimate of drug-likeness (QED) is 0.449. The number of benzene rings is 2. The van der Waals surface area contributed by atoms with Gasteiger partial charge in [0.05, 0.1) is 17.6 Å². The van der Waals surface area contributed by atoms with E-state index in [4.69, 9.17) is 27.9 Å². The Morgan fingerprint density at radius 1 is 1.09 bits per heavy atom. The third-order valence-corrected chi connectivity index (χ3v) is 8.47. The smallest absolute Gasteiger partial charge is 0.257 e. The molecule has 0 spiro atoms. The van der Waals surface area contributed by atoms with Gasteiger partial charge in [0, 0.05) is 41.2 Å². The van der Waals surface area contributed by atoms with E-state index in [0.29, 0.717) is 40.4 Å². The van der Waals surface area contributed by atoms with Crippen molar-refractivity contribution in [2.75, 3.05) is 32.5 Å². The van der Waals surface area contributed by atoms with Gasteiger partial charge in [-0.3, -0.25) is 4.79 Å². The van der Waals surface area contributed by atoms with Gasteiger partial charge in [0.1, 0.15) is 5.75 Å². The standard InChI is InChI=1S/C23H28Cl2N2O4S2/c1-31-22-9-8-19(15-20(22)23(28)27-11-4-2-3-5-12-27)33(29,30)26-10-13-32-16-17-6-7-18(24)14-21(17)25/h6-9,14-15,26H,2-5,10-13,16H2,1H3. The topological polar surface area (TPSA) is 75.7 Å². The predicted octanol–water partition coefficient (Wildman–Crippen LogP) is 5.23. The van der Waals surface area contributed by atoms with Crippen LogP contribution in [0, 0.1) is 0 Å². The van der Waals surface area contributed by atoms with Gasteiger partial charge in [-0.2, -0.15) is 11.8 Å². The molecule has 33 heavy (non-hydrogen) atoms. The Labute approximate surface area is 210 Å². The van der Waals surface area contributed by atoms with E-state index in [1.807, 2.05) is 6.07 Å². The van der Waals surface area contributed by atoms with E-state index in [-0.39, 0.29) is 22.9 Å². The van der Waals surface area contributed by atoms with Gasteiger partial charge in [-0.15, -0.1) is 0 Å². The fourth-order valence-electron chi connectivity index (χ4n) is 3.62. The van der Waals surface area contributed by atoms with Crippen LogP contribution in [0.2, 0.25) is 10.0 Å². The molecular weight excluding hydrogens is 503 g/mol. The Morgan fingerprint density at radius 3 is 2.48 bits per heavy atom. The maximum Gasteiger partial charge on any atom is 0.257 e. The monoisotopic (exact) mass is 530 g/mol. The molecule has 1 saturated heterocycles. The number of halogens is 2. The van der Waals surface area contributed by atoms with Gasteiger partial charge < -0.3 is 9.64 Å². The van der Waals surface area contributed by atoms with Crippen molar-refractivity contribution in [3.05, 3.63) is 57.6 Å². The summed E-state index contributed by atoms with van der Waals surface area (Å²) in [7, 11) is -2.29. The number of likely N-dealkylation sites (tertiary alicyclic amines) is 1. The Kier molecular flexibility index (Phi) is 9.76. The summed E-state index contributed by atoms with van der Waals surface area (Å²) in [5.41, 5.74) is 1.22. The number of amides is 1. The molecule has 0 unspecified atom stereocenters. The molecule has 1 aliphatic heterocycles. The highest BCUT2D eigenvalue weighted by molar-refractivity contribution is 7.98. The van der Waals surface area contributed by atoms with Crippen molar-refractivity contribution in [1.82, 2.24) is 9.62 Å². The molecule has 1 N–H and O–H groups in total. The Balaban J connectivity index is 1.62. The van der Waals surface area contributed by atoms with Crippen LogP contribution in [-0.2, 0) is 15.8 Å². The molecule has 2 aromatic carbocycles. The number of ether oxygens (including phenoxy) is 1. The first-order chi connectivity index (χ1) is 15.8. The minimum absolute atomic E-state index is 0.0483. The number of methoxy groups -OCH3 is 1. The number of sulfonamides is 1. The van der Waals surface area contributed by atoms with Gasteiger partial charge in [0.2, 0.25) is 10.0 Å². The largest absolute Gasteiger partial charge is 0.496 e. The van der Waals surface area contributed by atoms with E-state index in [2.05, 4.69) is 4.72 Å². The molecule has 2 aromatic rings. The second kappa shape index (κ2) is 12.3. The molecule has 10 heteroatoms. The van der Waals surface area contributed by atoms with E-state index in [9.17, 15) is 13.2 Å². The maximum atomic E-state index is 13.1. The Morgan fingerprint density at radius 2 is 1.82 bits per heavy atom. The zero-order valence-electron chi connectivity index (χ0n) is 18.5. The van der Waals surface area contributed by atoms with Crippen molar-refractivity contribution in [1.29, 1.82) is 0 Å². The molecule has 180 valence electrons. The van der Waals surface area contributed by atoms with Crippen LogP contribution in [0.1, 0.15) is 41.6 Å². The number of hydrogen-bond acceptors (Lipinski definition) is 5. The molecule has 0 radical (unpaired) electrons. The summed E-state index contributed by atoms with van der Waals surface area (Å²) in [6.07, 6.45) is 4.10. The van der Waals surface area contributed by atoms with Gasteiger partial charge in [-0.25, -0.2) is 13.1 Å². The second-order valence-electron chi connectivity index (χ2n) is 7.75. The van der Waals surface area contributed by atoms with Crippen molar-refractivity contribution < 1.29 is 17.9 Å². The molecule has 1 aliphatic rings. The van der Waals surface area contributed by atoms with Crippen molar-refractivity contribution in [3.63, 3.8) is 0 Å². The third-order valence-electron chi connectivity index (χ3n) is 5.42. The highest BCUT2D eigenvalue weighted by Gasteiger charge is 2.24. The first kappa shape index (κ1) is 26.2. The first-order valence-electron chi connectivity index (χ1n) is 10.8. The SMILES string of the molecule is COc1ccc(S(=O)(=O)NCCSCc2ccc(Cl)cc2Cl)cc1C(=O)N1CCCCCC1. The summed E-state index contributed by atoms with van der Waals surface area (Å²) in [4.78, 5) is 14.9. The van der Waals surface area contributed by atoms with Crippen LogP contribution in [0.15, 0.2) is 41.3 Å². The lowest BCUT2D eigenvalue weighted by atomic mass is 10.1. The number of hydrogen-bond donors (Lipinski definition) is 1. The summed E-state index contributed by atoms with van der Waals surface area (Å²) < 4.78 is 33.6. The molecule has 0 bridgehead atoms. The van der Waals surface area contributed by atoms with E-state index < -0.39 is 10.0 Å². The van der Waals surface area contributed by atoms with Crippen LogP contribution in [0.5, 0.6) is 5.75 Å². The number of thioether (sulfide) groups is 1. The van der Waals surface area contributed by atoms with Crippen LogP contribution in [0.25, 0.3) is 0 Å². The van der Waals surface area contributed by atoms with E-state index in [1.165, 1.54) is 25.3 Å². The molecule has 0 saturated carbocycles. The van der Waals surface area contributed by atoms with Gasteiger partial charge >= 0.3 is 0 Å². The Bertz CT molecular complexity index is 1070. The highest BCUT2D eigenvalue weighted by Crippen LogP contribution is 2.26. The normalized spacial score (nSPS) is 14.7. The van der Waals surface area contributed by atoms with Crippen molar-refractivity contribution in [3.8, 4) is 5.75 Å². The average Bonchev–Trinajstić information content (AvgIpc) is 3.09. The highest BCUT2D eigenvalue weighted by atomic mass is 35.5. The molecule has 0 atom stereocenters. The van der Waals surface area contributed by atoms with Crippen LogP contribution >= 0.6 is 35.0 Å². The molecule has 6 nitrogen and oxygen atoms in total. The zero-order chi connectivity index (χ0) is 23.8. The minimum atomic E-state index is -3.77. The fraction of sp³-hybridized carbons (Fsp3) is 0.435. The number of carbonyl (C=O) groups is 1. The maximum absolute atomic E-state index is 13.1. The van der Waals surface area contributed by atoms with Crippen LogP contribution in [-0.4, -0.2) is 51.7 Å². The number of carbonyl (C=O) groups excluding carboxylic acids is 1. The summed E-state index contributed by atoms with van der Waals surface area (Å²) in [5, 5.41) is 1.17. The molecule has 3 rings (SSSR count). The summed E-state index contributed by atoms with van der Waals surface area (Å²) in [6, 6.07) is 9.74. The second-order valence-corrected chi connectivity index (χ2v) is 11.5. The summed E-state index contributed by atoms with van der Waals surface area (Å²) in [5.74, 6) is 1.39. The van der Waals surface area contributed by atoms with Crippen LogP contribution in [0.4, 0.5) is 0 Å². The van der Waals surface area contributed by atoms with Gasteiger partial charge in [-0.1, -0.05) is 42.1 Å². The third kappa shape index (κ3) is 7.26. The first-order valence-corrected chi connectivity index (χ1v) is 14.2. The summed E-state index contributed by atoms with van der Waals surface area (Å²) in [6.45, 7) is 1.60. The lowest BCUT2D eigenvalue weighted by Crippen LogP contribution is -2.32. The van der Waals surface area contributed by atoms with E-state index in [1.54, 1.807) is 28.8 Å². The summed E-state index contributed by atoms with van der Waals surface area (Å²) >= 11 is 13.6. The van der Waals surface area contributed by atoms with Crippen molar-refractivity contribution in [2.45, 2.75) is 36.3 Å². The molecular formula is C23H28Cl2N2O4S2. The average molecular weight is 532 g/mol. The lowest BCUT2D eigenvalue weighted by molar-refractivity contribution is 0.0758. The van der Waals surface area contributed by atoms with Crippen LogP contribution in [0.3, 0.4) is 0 Å². The van der Waals surface area contributed by atoms with Gasteiger partial charge in [-0.05, 0) is 48.7 Å². The Hall–Kier alpha value is -1.45. The minimum Gasteiger partial charge on any atom is -0.496 e. The molecule has 0 aromatic heterocycles. The molecule has 1 amide bonds. The molecule has 1 heterocycles. The van der Waals surface area contributed by atoms with Crippen LogP contribution < -0.4 is 9.46 Å². The number of rotatable bonds is 9. The molecule has 0 aliphatic carbocycles. The van der Waals surface area contributed by atoms with Crippen molar-refractivity contribution in [2.24, 2.45) is 0 Å².